The summed E-state index contributed by atoms with van der Waals surface area (Å²) in [5.41, 5.74) is 4.05. The van der Waals surface area contributed by atoms with Crippen LogP contribution in [0.25, 0.3) is 0 Å². The second kappa shape index (κ2) is 8.77. The number of aliphatic imine (C=N–C) groups is 1. The molecule has 3 aromatic rings. The molecule has 162 valence electrons. The molecule has 0 aromatic heterocycles. The SMILES string of the molecule is CC1C(c2ccccc2)OCCN1C1=Nc2ccc(Cl)cc2C(c2ccccc2)=[N+]([O-])C1. The Bertz CT molecular complexity index is 1180. The molecule has 0 N–H and O–H groups in total. The Balaban J connectivity index is 1.57. The fourth-order valence-electron chi connectivity index (χ4n) is 4.53. The van der Waals surface area contributed by atoms with Crippen LogP contribution in [0.1, 0.15) is 29.7 Å². The summed E-state index contributed by atoms with van der Waals surface area (Å²) in [4.78, 5) is 7.18. The molecule has 0 bridgehead atoms. The summed E-state index contributed by atoms with van der Waals surface area (Å²) in [6, 6.07) is 25.5. The summed E-state index contributed by atoms with van der Waals surface area (Å²) in [6.07, 6.45) is -0.0849. The average molecular weight is 446 g/mol. The highest BCUT2D eigenvalue weighted by atomic mass is 35.5. The van der Waals surface area contributed by atoms with Crippen molar-refractivity contribution in [1.82, 2.24) is 4.90 Å². The fourth-order valence-corrected chi connectivity index (χ4v) is 4.70. The van der Waals surface area contributed by atoms with Gasteiger partial charge in [0.2, 0.25) is 12.3 Å². The Hall–Kier alpha value is -3.15. The van der Waals surface area contributed by atoms with E-state index in [4.69, 9.17) is 21.3 Å². The Kier molecular flexibility index (Phi) is 5.68. The van der Waals surface area contributed by atoms with Gasteiger partial charge in [-0.1, -0.05) is 60.1 Å². The molecule has 6 heteroatoms. The maximum atomic E-state index is 13.5. The van der Waals surface area contributed by atoms with Gasteiger partial charge in [0.1, 0.15) is 6.10 Å². The number of fused-ring (bicyclic) bond motifs is 1. The normalized spacial score (nSPS) is 21.1. The molecule has 5 nitrogen and oxygen atoms in total. The lowest BCUT2D eigenvalue weighted by Gasteiger charge is -2.40. The first-order valence-electron chi connectivity index (χ1n) is 10.8. The van der Waals surface area contributed by atoms with Crippen LogP contribution in [0.15, 0.2) is 83.9 Å². The molecular weight excluding hydrogens is 422 g/mol. The molecule has 2 atom stereocenters. The summed E-state index contributed by atoms with van der Waals surface area (Å²) in [5, 5.41) is 14.1. The van der Waals surface area contributed by atoms with E-state index in [1.807, 2.05) is 66.7 Å². The molecule has 2 unspecified atom stereocenters. The first-order chi connectivity index (χ1) is 15.6. The van der Waals surface area contributed by atoms with E-state index in [1.165, 1.54) is 0 Å². The molecule has 0 spiro atoms. The zero-order valence-corrected chi connectivity index (χ0v) is 18.6. The van der Waals surface area contributed by atoms with Crippen LogP contribution in [0.2, 0.25) is 5.02 Å². The Morgan fingerprint density at radius 3 is 2.50 bits per heavy atom. The first kappa shape index (κ1) is 20.7. The van der Waals surface area contributed by atoms with Crippen molar-refractivity contribution in [1.29, 1.82) is 0 Å². The van der Waals surface area contributed by atoms with Crippen LogP contribution >= 0.6 is 11.6 Å². The predicted octanol–water partition coefficient (Wildman–Crippen LogP) is 5.19. The third kappa shape index (κ3) is 3.90. The largest absolute Gasteiger partial charge is 0.623 e. The standard InChI is InChI=1S/C26H24ClN3O2/c1-18-26(20-10-6-3-7-11-20)32-15-14-29(18)24-17-30(31)25(19-8-4-2-5-9-19)22-16-21(27)12-13-23(22)28-24/h2-13,16,18,26H,14-15,17H2,1H3. The van der Waals surface area contributed by atoms with Crippen LogP contribution in [0.3, 0.4) is 0 Å². The Morgan fingerprint density at radius 2 is 1.75 bits per heavy atom. The van der Waals surface area contributed by atoms with Crippen LogP contribution in [0.5, 0.6) is 0 Å². The van der Waals surface area contributed by atoms with Gasteiger partial charge in [-0.15, -0.1) is 0 Å². The highest BCUT2D eigenvalue weighted by Crippen LogP contribution is 2.32. The van der Waals surface area contributed by atoms with Crippen molar-refractivity contribution in [2.24, 2.45) is 4.99 Å². The quantitative estimate of drug-likeness (QED) is 0.402. The number of benzene rings is 3. The molecule has 1 fully saturated rings. The topological polar surface area (TPSA) is 50.9 Å². The third-order valence-electron chi connectivity index (χ3n) is 6.06. The van der Waals surface area contributed by atoms with Crippen molar-refractivity contribution in [3.05, 3.63) is 106 Å². The minimum atomic E-state index is -0.0849. The first-order valence-corrected chi connectivity index (χ1v) is 11.2. The number of halogens is 1. The van der Waals surface area contributed by atoms with Gasteiger partial charge >= 0.3 is 0 Å². The number of hydrogen-bond acceptors (Lipinski definition) is 4. The molecule has 3 aromatic carbocycles. The molecule has 0 radical (unpaired) electrons. The van der Waals surface area contributed by atoms with Crippen molar-refractivity contribution in [2.45, 2.75) is 19.1 Å². The molecule has 2 aliphatic rings. The molecule has 2 heterocycles. The van der Waals surface area contributed by atoms with Gasteiger partial charge in [-0.3, -0.25) is 0 Å². The van der Waals surface area contributed by atoms with E-state index in [0.717, 1.165) is 33.0 Å². The third-order valence-corrected chi connectivity index (χ3v) is 6.30. The number of hydroxylamine groups is 1. The summed E-state index contributed by atoms with van der Waals surface area (Å²) >= 11 is 6.32. The fraction of sp³-hybridized carbons (Fsp3) is 0.231. The van der Waals surface area contributed by atoms with Crippen LogP contribution in [-0.4, -0.2) is 46.9 Å². The van der Waals surface area contributed by atoms with Gasteiger partial charge < -0.3 is 14.8 Å². The van der Waals surface area contributed by atoms with Gasteiger partial charge in [0.05, 0.1) is 23.9 Å². The van der Waals surface area contributed by atoms with E-state index >= 15 is 0 Å². The number of amidine groups is 1. The van der Waals surface area contributed by atoms with Crippen LogP contribution < -0.4 is 0 Å². The molecule has 2 aliphatic heterocycles. The smallest absolute Gasteiger partial charge is 0.228 e. The van der Waals surface area contributed by atoms with Crippen molar-refractivity contribution >= 4 is 28.8 Å². The van der Waals surface area contributed by atoms with Crippen LogP contribution in [-0.2, 0) is 4.74 Å². The van der Waals surface area contributed by atoms with E-state index in [2.05, 4.69) is 24.0 Å². The average Bonchev–Trinajstić information content (AvgIpc) is 2.95. The molecule has 0 amide bonds. The monoisotopic (exact) mass is 445 g/mol. The summed E-state index contributed by atoms with van der Waals surface area (Å²) in [5.74, 6) is 0.742. The highest BCUT2D eigenvalue weighted by molar-refractivity contribution is 6.31. The van der Waals surface area contributed by atoms with Crippen LogP contribution in [0.4, 0.5) is 5.69 Å². The van der Waals surface area contributed by atoms with Crippen molar-refractivity contribution in [2.75, 3.05) is 19.7 Å². The molecular formula is C26H24ClN3O2. The van der Waals surface area contributed by atoms with E-state index < -0.39 is 0 Å². The second-order valence-corrected chi connectivity index (χ2v) is 8.51. The summed E-state index contributed by atoms with van der Waals surface area (Å²) in [7, 11) is 0. The maximum absolute atomic E-state index is 13.5. The molecule has 0 saturated carbocycles. The van der Waals surface area contributed by atoms with Gasteiger partial charge in [0.25, 0.3) is 0 Å². The van der Waals surface area contributed by atoms with E-state index in [9.17, 15) is 5.21 Å². The Morgan fingerprint density at radius 1 is 1.03 bits per heavy atom. The van der Waals surface area contributed by atoms with Gasteiger partial charge in [0, 0.05) is 17.1 Å². The minimum absolute atomic E-state index is 0.0346. The summed E-state index contributed by atoms with van der Waals surface area (Å²) in [6.45, 7) is 3.54. The van der Waals surface area contributed by atoms with E-state index in [0.29, 0.717) is 23.9 Å². The highest BCUT2D eigenvalue weighted by Gasteiger charge is 2.35. The lowest BCUT2D eigenvalue weighted by molar-refractivity contribution is -0.440. The van der Waals surface area contributed by atoms with Crippen molar-refractivity contribution < 1.29 is 9.48 Å². The number of morpholine rings is 1. The zero-order valence-electron chi connectivity index (χ0n) is 17.8. The van der Waals surface area contributed by atoms with Crippen molar-refractivity contribution in [3.8, 4) is 0 Å². The van der Waals surface area contributed by atoms with Crippen molar-refractivity contribution in [3.63, 3.8) is 0 Å². The molecule has 32 heavy (non-hydrogen) atoms. The van der Waals surface area contributed by atoms with Gasteiger partial charge in [-0.05, 0) is 42.8 Å². The number of ether oxygens (including phenoxy) is 1. The maximum Gasteiger partial charge on any atom is 0.228 e. The minimum Gasteiger partial charge on any atom is -0.623 e. The van der Waals surface area contributed by atoms with E-state index in [1.54, 1.807) is 0 Å². The van der Waals surface area contributed by atoms with Gasteiger partial charge in [0.15, 0.2) is 5.84 Å². The zero-order chi connectivity index (χ0) is 22.1. The lowest BCUT2D eigenvalue weighted by Crippen LogP contribution is -2.50. The lowest BCUT2D eigenvalue weighted by atomic mass is 10.0. The van der Waals surface area contributed by atoms with E-state index in [-0.39, 0.29) is 18.7 Å². The van der Waals surface area contributed by atoms with Gasteiger partial charge in [-0.2, -0.15) is 4.74 Å². The number of hydrogen-bond donors (Lipinski definition) is 0. The number of rotatable bonds is 2. The summed E-state index contributed by atoms with van der Waals surface area (Å²) < 4.78 is 7.16. The Labute approximate surface area is 192 Å². The molecule has 5 rings (SSSR count). The molecule has 1 saturated heterocycles. The predicted molar refractivity (Wildman–Crippen MR) is 128 cm³/mol. The number of nitrogens with zero attached hydrogens (tertiary/aromatic N) is 3. The molecule has 0 aliphatic carbocycles. The second-order valence-electron chi connectivity index (χ2n) is 8.08. The van der Waals surface area contributed by atoms with Crippen LogP contribution in [0, 0.1) is 5.21 Å². The van der Waals surface area contributed by atoms with Gasteiger partial charge in [-0.25, -0.2) is 4.99 Å².